The zero-order valence-corrected chi connectivity index (χ0v) is 20.6. The van der Waals surface area contributed by atoms with Crippen LogP contribution in [-0.2, 0) is 14.3 Å². The molecule has 1 heterocycles. The molecule has 7 nitrogen and oxygen atoms in total. The number of ether oxygens (including phenoxy) is 2. The van der Waals surface area contributed by atoms with Gasteiger partial charge < -0.3 is 19.7 Å². The summed E-state index contributed by atoms with van der Waals surface area (Å²) < 4.78 is 11.1. The second kappa shape index (κ2) is 12.2. The molecule has 1 aliphatic rings. The number of hydrogen-bond acceptors (Lipinski definition) is 6. The van der Waals surface area contributed by atoms with E-state index >= 15 is 0 Å². The van der Waals surface area contributed by atoms with Gasteiger partial charge in [-0.05, 0) is 61.7 Å². The van der Waals surface area contributed by atoms with E-state index in [1.807, 2.05) is 74.4 Å². The van der Waals surface area contributed by atoms with Crippen molar-refractivity contribution in [3.8, 4) is 5.75 Å². The maximum absolute atomic E-state index is 13.4. The second-order valence-corrected chi connectivity index (χ2v) is 8.36. The highest BCUT2D eigenvalue weighted by molar-refractivity contribution is 6.36. The fourth-order valence-corrected chi connectivity index (χ4v) is 3.71. The zero-order chi connectivity index (χ0) is 24.5. The summed E-state index contributed by atoms with van der Waals surface area (Å²) in [6, 6.07) is 15.0. The van der Waals surface area contributed by atoms with Crippen LogP contribution in [0.5, 0.6) is 5.75 Å². The molecular formula is C27H35N3O4. The van der Waals surface area contributed by atoms with Gasteiger partial charge in [0.05, 0.1) is 12.2 Å². The van der Waals surface area contributed by atoms with Crippen LogP contribution in [0.4, 0.5) is 11.4 Å². The SMILES string of the molecule is CCCCOCCCN1C(=O)C(Nc2ccc(N(C)C)cc2)=C(c2ccc(OCC)cc2)C1=O. The number of nitrogens with one attached hydrogen (secondary N) is 1. The van der Waals surface area contributed by atoms with Crippen molar-refractivity contribution >= 4 is 28.8 Å². The first kappa shape index (κ1) is 25.3. The average molecular weight is 466 g/mol. The van der Waals surface area contributed by atoms with E-state index < -0.39 is 0 Å². The molecule has 0 unspecified atom stereocenters. The lowest BCUT2D eigenvalue weighted by molar-refractivity contribution is -0.137. The first-order chi connectivity index (χ1) is 16.5. The Balaban J connectivity index is 1.83. The summed E-state index contributed by atoms with van der Waals surface area (Å²) in [5, 5.41) is 3.21. The van der Waals surface area contributed by atoms with Crippen molar-refractivity contribution in [3.63, 3.8) is 0 Å². The highest BCUT2D eigenvalue weighted by Gasteiger charge is 2.38. The third-order valence-electron chi connectivity index (χ3n) is 5.59. The Morgan fingerprint density at radius 1 is 0.882 bits per heavy atom. The topological polar surface area (TPSA) is 71.1 Å². The van der Waals surface area contributed by atoms with E-state index in [2.05, 4.69) is 12.2 Å². The normalized spacial score (nSPS) is 13.6. The highest BCUT2D eigenvalue weighted by atomic mass is 16.5. The van der Waals surface area contributed by atoms with E-state index in [0.717, 1.165) is 30.0 Å². The molecule has 0 aliphatic carbocycles. The summed E-state index contributed by atoms with van der Waals surface area (Å²) in [5.74, 6) is 0.104. The number of carbonyl (C=O) groups excluding carboxylic acids is 2. The van der Waals surface area contributed by atoms with Gasteiger partial charge in [-0.1, -0.05) is 25.5 Å². The number of rotatable bonds is 13. The third-order valence-corrected chi connectivity index (χ3v) is 5.59. The van der Waals surface area contributed by atoms with Crippen molar-refractivity contribution in [1.29, 1.82) is 0 Å². The molecule has 0 saturated carbocycles. The molecule has 34 heavy (non-hydrogen) atoms. The van der Waals surface area contributed by atoms with Crippen LogP contribution in [0.25, 0.3) is 5.57 Å². The van der Waals surface area contributed by atoms with Crippen LogP contribution in [0.3, 0.4) is 0 Å². The van der Waals surface area contributed by atoms with Gasteiger partial charge in [0.2, 0.25) is 0 Å². The maximum atomic E-state index is 13.4. The number of nitrogens with zero attached hydrogens (tertiary/aromatic N) is 2. The van der Waals surface area contributed by atoms with Gasteiger partial charge in [-0.3, -0.25) is 14.5 Å². The highest BCUT2D eigenvalue weighted by Crippen LogP contribution is 2.32. The Morgan fingerprint density at radius 3 is 2.18 bits per heavy atom. The second-order valence-electron chi connectivity index (χ2n) is 8.36. The lowest BCUT2D eigenvalue weighted by Crippen LogP contribution is -2.34. The number of unbranched alkanes of at least 4 members (excludes halogenated alkanes) is 1. The molecule has 3 rings (SSSR count). The summed E-state index contributed by atoms with van der Waals surface area (Å²) in [7, 11) is 3.94. The molecule has 7 heteroatoms. The van der Waals surface area contributed by atoms with E-state index in [1.54, 1.807) is 0 Å². The van der Waals surface area contributed by atoms with Crippen LogP contribution < -0.4 is 15.0 Å². The van der Waals surface area contributed by atoms with Gasteiger partial charge in [0.25, 0.3) is 11.8 Å². The van der Waals surface area contributed by atoms with E-state index in [4.69, 9.17) is 9.47 Å². The number of amides is 2. The van der Waals surface area contributed by atoms with Crippen molar-refractivity contribution in [3.05, 3.63) is 59.8 Å². The van der Waals surface area contributed by atoms with Gasteiger partial charge in [-0.25, -0.2) is 0 Å². The summed E-state index contributed by atoms with van der Waals surface area (Å²) in [6.45, 7) is 6.12. The summed E-state index contributed by atoms with van der Waals surface area (Å²) in [5.41, 5.74) is 3.13. The van der Waals surface area contributed by atoms with Crippen molar-refractivity contribution in [2.45, 2.75) is 33.1 Å². The van der Waals surface area contributed by atoms with Gasteiger partial charge in [-0.2, -0.15) is 0 Å². The van der Waals surface area contributed by atoms with Crippen molar-refractivity contribution < 1.29 is 19.1 Å². The molecule has 182 valence electrons. The Kier molecular flexibility index (Phi) is 9.10. The number of imide groups is 1. The van der Waals surface area contributed by atoms with Crippen LogP contribution in [-0.4, -0.2) is 57.2 Å². The minimum Gasteiger partial charge on any atom is -0.494 e. The van der Waals surface area contributed by atoms with Gasteiger partial charge in [-0.15, -0.1) is 0 Å². The van der Waals surface area contributed by atoms with Crippen LogP contribution in [0.1, 0.15) is 38.7 Å². The average Bonchev–Trinajstić information content (AvgIpc) is 3.06. The summed E-state index contributed by atoms with van der Waals surface area (Å²) in [4.78, 5) is 30.0. The molecule has 0 atom stereocenters. The zero-order valence-electron chi connectivity index (χ0n) is 20.6. The maximum Gasteiger partial charge on any atom is 0.278 e. The van der Waals surface area contributed by atoms with E-state index in [1.165, 1.54) is 4.90 Å². The Hall–Kier alpha value is -3.32. The van der Waals surface area contributed by atoms with Gasteiger partial charge in [0.15, 0.2) is 0 Å². The van der Waals surface area contributed by atoms with Crippen molar-refractivity contribution in [1.82, 2.24) is 4.90 Å². The van der Waals surface area contributed by atoms with E-state index in [-0.39, 0.29) is 11.8 Å². The molecule has 0 aromatic heterocycles. The quantitative estimate of drug-likeness (QED) is 0.346. The van der Waals surface area contributed by atoms with Crippen LogP contribution in [0.2, 0.25) is 0 Å². The molecule has 0 fully saturated rings. The number of hydrogen-bond donors (Lipinski definition) is 1. The lowest BCUT2D eigenvalue weighted by Gasteiger charge is -2.16. The number of anilines is 2. The molecule has 0 spiro atoms. The first-order valence-electron chi connectivity index (χ1n) is 11.9. The van der Waals surface area contributed by atoms with Crippen LogP contribution in [0, 0.1) is 0 Å². The minimum atomic E-state index is -0.320. The minimum absolute atomic E-state index is 0.290. The van der Waals surface area contributed by atoms with Crippen LogP contribution >= 0.6 is 0 Å². The molecule has 2 aromatic rings. The summed E-state index contributed by atoms with van der Waals surface area (Å²) in [6.07, 6.45) is 2.68. The molecule has 0 bridgehead atoms. The predicted octanol–water partition coefficient (Wildman–Crippen LogP) is 4.55. The molecule has 0 saturated heterocycles. The molecule has 1 aliphatic heterocycles. The monoisotopic (exact) mass is 465 g/mol. The fraction of sp³-hybridized carbons (Fsp3) is 0.407. The smallest absolute Gasteiger partial charge is 0.278 e. The molecule has 0 radical (unpaired) electrons. The van der Waals surface area contributed by atoms with Gasteiger partial charge in [0.1, 0.15) is 11.4 Å². The molecule has 1 N–H and O–H groups in total. The lowest BCUT2D eigenvalue weighted by atomic mass is 10.0. The van der Waals surface area contributed by atoms with E-state index in [9.17, 15) is 9.59 Å². The Morgan fingerprint density at radius 2 is 1.56 bits per heavy atom. The fourth-order valence-electron chi connectivity index (χ4n) is 3.71. The molecule has 2 aromatic carbocycles. The number of carbonyl (C=O) groups is 2. The predicted molar refractivity (Wildman–Crippen MR) is 136 cm³/mol. The van der Waals surface area contributed by atoms with Gasteiger partial charge >= 0.3 is 0 Å². The Bertz CT molecular complexity index is 998. The number of benzene rings is 2. The standard InChI is InChI=1S/C27H35N3O4/c1-5-7-18-33-19-8-17-30-26(31)24(20-9-15-23(16-10-20)34-6-2)25(27(30)32)28-21-11-13-22(14-12-21)29(3)4/h9-16,28H,5-8,17-19H2,1-4H3. The van der Waals surface area contributed by atoms with Crippen molar-refractivity contribution in [2.75, 3.05) is 50.7 Å². The van der Waals surface area contributed by atoms with Crippen molar-refractivity contribution in [2.24, 2.45) is 0 Å². The summed E-state index contributed by atoms with van der Waals surface area (Å²) >= 11 is 0. The van der Waals surface area contributed by atoms with Gasteiger partial charge in [0, 0.05) is 45.2 Å². The Labute approximate surface area is 202 Å². The molecule has 2 amide bonds. The third kappa shape index (κ3) is 6.17. The first-order valence-corrected chi connectivity index (χ1v) is 11.9. The van der Waals surface area contributed by atoms with E-state index in [0.29, 0.717) is 49.6 Å². The molecular weight excluding hydrogens is 430 g/mol. The largest absolute Gasteiger partial charge is 0.494 e. The van der Waals surface area contributed by atoms with Crippen LogP contribution in [0.15, 0.2) is 54.2 Å².